The largest absolute Gasteiger partial charge is 0.380 e. The van der Waals surface area contributed by atoms with E-state index in [0.717, 1.165) is 5.02 Å². The quantitative estimate of drug-likeness (QED) is 0.836. The van der Waals surface area contributed by atoms with E-state index >= 15 is 0 Å². The lowest BCUT2D eigenvalue weighted by molar-refractivity contribution is 0.881. The molecule has 1 N–H and O–H groups in total. The van der Waals surface area contributed by atoms with E-state index in [4.69, 9.17) is 11.6 Å². The fourth-order valence-electron chi connectivity index (χ4n) is 1.15. The zero-order valence-electron chi connectivity index (χ0n) is 6.89. The minimum atomic E-state index is 0.652. The van der Waals surface area contributed by atoms with Crippen molar-refractivity contribution in [2.45, 2.75) is 6.04 Å². The Morgan fingerprint density at radius 3 is 2.77 bits per heavy atom. The van der Waals surface area contributed by atoms with E-state index in [2.05, 4.69) is 27.9 Å². The fraction of sp³-hybridized carbons (Fsp3) is 0.333. The van der Waals surface area contributed by atoms with Gasteiger partial charge in [-0.15, -0.1) is 0 Å². The van der Waals surface area contributed by atoms with Gasteiger partial charge in [-0.05, 0) is 40.8 Å². The molecular weight excluding hydrogens is 317 g/mol. The van der Waals surface area contributed by atoms with Crippen LogP contribution in [0.15, 0.2) is 18.2 Å². The Hall–Kier alpha value is 0.390. The summed E-state index contributed by atoms with van der Waals surface area (Å²) in [5, 5.41) is 4.29. The van der Waals surface area contributed by atoms with Crippen LogP contribution in [-0.2, 0) is 0 Å². The van der Waals surface area contributed by atoms with Crippen LogP contribution in [0.2, 0.25) is 5.02 Å². The van der Waals surface area contributed by atoms with Crippen LogP contribution < -0.4 is 5.32 Å². The van der Waals surface area contributed by atoms with Crippen LogP contribution in [-0.4, -0.2) is 17.5 Å². The highest BCUT2D eigenvalue weighted by atomic mass is 127. The molecule has 1 nitrogen and oxygen atoms in total. The second-order valence-corrected chi connectivity index (χ2v) is 5.68. The number of hydrogen-bond acceptors (Lipinski definition) is 2. The molecule has 70 valence electrons. The van der Waals surface area contributed by atoms with Crippen molar-refractivity contribution in [3.05, 3.63) is 26.8 Å². The molecule has 0 radical (unpaired) electrons. The first-order valence-corrected chi connectivity index (χ1v) is 6.66. The van der Waals surface area contributed by atoms with Gasteiger partial charge in [0, 0.05) is 31.8 Å². The van der Waals surface area contributed by atoms with Crippen LogP contribution in [0.3, 0.4) is 0 Å². The molecule has 4 heteroatoms. The SMILES string of the molecule is Clc1ccc(NC2CSC2)c(I)c1. The fourth-order valence-corrected chi connectivity index (χ4v) is 2.81. The standard InChI is InChI=1S/C9H9ClINS/c10-6-1-2-9(8(11)3-6)12-7-4-13-5-7/h1-3,7,12H,4-5H2. The van der Waals surface area contributed by atoms with Crippen molar-refractivity contribution in [3.63, 3.8) is 0 Å². The summed E-state index contributed by atoms with van der Waals surface area (Å²) in [7, 11) is 0. The molecule has 1 aliphatic heterocycles. The van der Waals surface area contributed by atoms with Gasteiger partial charge in [-0.1, -0.05) is 11.6 Å². The molecule has 1 heterocycles. The molecule has 1 fully saturated rings. The first kappa shape index (κ1) is 9.93. The summed E-state index contributed by atoms with van der Waals surface area (Å²) in [5.74, 6) is 2.44. The molecule has 0 aliphatic carbocycles. The number of anilines is 1. The highest BCUT2D eigenvalue weighted by Gasteiger charge is 2.18. The van der Waals surface area contributed by atoms with Gasteiger partial charge in [0.1, 0.15) is 0 Å². The van der Waals surface area contributed by atoms with E-state index in [9.17, 15) is 0 Å². The molecule has 0 amide bonds. The summed E-state index contributed by atoms with van der Waals surface area (Å²) < 4.78 is 1.20. The molecule has 1 saturated heterocycles. The van der Waals surface area contributed by atoms with Crippen molar-refractivity contribution in [2.75, 3.05) is 16.8 Å². The third kappa shape index (κ3) is 2.44. The molecule has 0 atom stereocenters. The normalized spacial score (nSPS) is 16.8. The lowest BCUT2D eigenvalue weighted by Gasteiger charge is -2.27. The van der Waals surface area contributed by atoms with Crippen molar-refractivity contribution >= 4 is 51.6 Å². The van der Waals surface area contributed by atoms with Crippen LogP contribution in [0.4, 0.5) is 5.69 Å². The molecule has 13 heavy (non-hydrogen) atoms. The Labute approximate surface area is 101 Å². The van der Waals surface area contributed by atoms with E-state index in [-0.39, 0.29) is 0 Å². The van der Waals surface area contributed by atoms with Gasteiger partial charge >= 0.3 is 0 Å². The molecule has 0 aromatic heterocycles. The van der Waals surface area contributed by atoms with Gasteiger partial charge in [0.05, 0.1) is 0 Å². The Kier molecular flexibility index (Phi) is 3.26. The number of rotatable bonds is 2. The smallest absolute Gasteiger partial charge is 0.0479 e. The zero-order valence-corrected chi connectivity index (χ0v) is 10.6. The lowest BCUT2D eigenvalue weighted by atomic mass is 10.3. The topological polar surface area (TPSA) is 12.0 Å². The van der Waals surface area contributed by atoms with Gasteiger partial charge in [0.15, 0.2) is 0 Å². The Balaban J connectivity index is 2.10. The average molecular weight is 326 g/mol. The van der Waals surface area contributed by atoms with E-state index in [0.29, 0.717) is 6.04 Å². The molecule has 0 spiro atoms. The van der Waals surface area contributed by atoms with Crippen molar-refractivity contribution in [1.29, 1.82) is 0 Å². The molecule has 2 rings (SSSR count). The number of thioether (sulfide) groups is 1. The van der Waals surface area contributed by atoms with E-state index < -0.39 is 0 Å². The molecule has 0 unspecified atom stereocenters. The van der Waals surface area contributed by atoms with Crippen LogP contribution >= 0.6 is 46.0 Å². The Morgan fingerprint density at radius 2 is 2.23 bits per heavy atom. The Morgan fingerprint density at radius 1 is 1.46 bits per heavy atom. The minimum absolute atomic E-state index is 0.652. The number of nitrogens with one attached hydrogen (secondary N) is 1. The summed E-state index contributed by atoms with van der Waals surface area (Å²) in [6.45, 7) is 0. The monoisotopic (exact) mass is 325 g/mol. The molecule has 1 aromatic rings. The van der Waals surface area contributed by atoms with Crippen molar-refractivity contribution < 1.29 is 0 Å². The highest BCUT2D eigenvalue weighted by molar-refractivity contribution is 14.1. The maximum absolute atomic E-state index is 5.86. The van der Waals surface area contributed by atoms with Crippen LogP contribution in [0.1, 0.15) is 0 Å². The third-order valence-corrected chi connectivity index (χ3v) is 4.33. The van der Waals surface area contributed by atoms with E-state index in [1.165, 1.54) is 20.8 Å². The molecular formula is C9H9ClINS. The third-order valence-electron chi connectivity index (χ3n) is 1.93. The van der Waals surface area contributed by atoms with Gasteiger partial charge < -0.3 is 5.32 Å². The summed E-state index contributed by atoms with van der Waals surface area (Å²) in [6, 6.07) is 6.61. The minimum Gasteiger partial charge on any atom is -0.380 e. The van der Waals surface area contributed by atoms with Crippen molar-refractivity contribution in [3.8, 4) is 0 Å². The van der Waals surface area contributed by atoms with Crippen molar-refractivity contribution in [1.82, 2.24) is 0 Å². The number of hydrogen-bond donors (Lipinski definition) is 1. The lowest BCUT2D eigenvalue weighted by Crippen LogP contribution is -2.33. The highest BCUT2D eigenvalue weighted by Crippen LogP contribution is 2.26. The van der Waals surface area contributed by atoms with Gasteiger partial charge in [0.2, 0.25) is 0 Å². The maximum Gasteiger partial charge on any atom is 0.0479 e. The van der Waals surface area contributed by atoms with Gasteiger partial charge in [0.25, 0.3) is 0 Å². The van der Waals surface area contributed by atoms with Crippen LogP contribution in [0.5, 0.6) is 0 Å². The number of halogens is 2. The second kappa shape index (κ2) is 4.28. The summed E-state index contributed by atoms with van der Waals surface area (Å²) in [6.07, 6.45) is 0. The summed E-state index contributed by atoms with van der Waals surface area (Å²) >= 11 is 10.2. The van der Waals surface area contributed by atoms with Gasteiger partial charge in [-0.3, -0.25) is 0 Å². The predicted molar refractivity (Wildman–Crippen MR) is 68.9 cm³/mol. The molecule has 1 aliphatic rings. The van der Waals surface area contributed by atoms with E-state index in [1.807, 2.05) is 30.0 Å². The predicted octanol–water partition coefficient (Wildman–Crippen LogP) is 3.47. The first-order chi connectivity index (χ1) is 6.25. The molecule has 0 saturated carbocycles. The van der Waals surface area contributed by atoms with Crippen molar-refractivity contribution in [2.24, 2.45) is 0 Å². The summed E-state index contributed by atoms with van der Waals surface area (Å²) in [4.78, 5) is 0. The average Bonchev–Trinajstić information content (AvgIpc) is 1.99. The molecule has 1 aromatic carbocycles. The first-order valence-electron chi connectivity index (χ1n) is 4.05. The molecule has 0 bridgehead atoms. The van der Waals surface area contributed by atoms with Crippen LogP contribution in [0.25, 0.3) is 0 Å². The van der Waals surface area contributed by atoms with Gasteiger partial charge in [-0.2, -0.15) is 11.8 Å². The van der Waals surface area contributed by atoms with Gasteiger partial charge in [-0.25, -0.2) is 0 Å². The summed E-state index contributed by atoms with van der Waals surface area (Å²) in [5.41, 5.74) is 1.20. The maximum atomic E-state index is 5.86. The van der Waals surface area contributed by atoms with Crippen LogP contribution in [0, 0.1) is 3.57 Å². The van der Waals surface area contributed by atoms with E-state index in [1.54, 1.807) is 0 Å². The number of benzene rings is 1. The Bertz CT molecular complexity index is 314. The second-order valence-electron chi connectivity index (χ2n) is 3.00. The zero-order chi connectivity index (χ0) is 9.26.